The summed E-state index contributed by atoms with van der Waals surface area (Å²) in [6.45, 7) is 0. The Bertz CT molecular complexity index is 628. The molecule has 0 atom stereocenters. The number of hydrogen-bond acceptors (Lipinski definition) is 2. The monoisotopic (exact) mass is 209 g/mol. The second-order valence-corrected chi connectivity index (χ2v) is 3.95. The zero-order valence-corrected chi connectivity index (χ0v) is 8.64. The normalized spacial score (nSPS) is 11.0. The minimum absolute atomic E-state index is 0.294. The zero-order valence-electron chi connectivity index (χ0n) is 8.64. The van der Waals surface area contributed by atoms with Crippen molar-refractivity contribution in [3.05, 3.63) is 48.5 Å². The highest BCUT2D eigenvalue weighted by Crippen LogP contribution is 2.28. The fourth-order valence-corrected chi connectivity index (χ4v) is 2.08. The van der Waals surface area contributed by atoms with Crippen LogP contribution in [0.4, 0.5) is 5.69 Å². The van der Waals surface area contributed by atoms with Crippen molar-refractivity contribution in [3.8, 4) is 5.75 Å². The van der Waals surface area contributed by atoms with E-state index in [0.29, 0.717) is 5.75 Å². The summed E-state index contributed by atoms with van der Waals surface area (Å²) in [6, 6.07) is 15.3. The Hall–Kier alpha value is -2.22. The molecule has 3 rings (SSSR count). The van der Waals surface area contributed by atoms with E-state index >= 15 is 0 Å². The van der Waals surface area contributed by atoms with Crippen molar-refractivity contribution in [3.63, 3.8) is 0 Å². The summed E-state index contributed by atoms with van der Waals surface area (Å²) < 4.78 is 0. The molecule has 0 unspecified atom stereocenters. The van der Waals surface area contributed by atoms with Gasteiger partial charge in [0, 0.05) is 5.69 Å². The molecule has 0 aliphatic carbocycles. The first-order valence-electron chi connectivity index (χ1n) is 5.15. The van der Waals surface area contributed by atoms with Gasteiger partial charge in [0.05, 0.1) is 0 Å². The van der Waals surface area contributed by atoms with Gasteiger partial charge in [-0.2, -0.15) is 0 Å². The summed E-state index contributed by atoms with van der Waals surface area (Å²) >= 11 is 0. The van der Waals surface area contributed by atoms with Crippen molar-refractivity contribution in [2.45, 2.75) is 0 Å². The third kappa shape index (κ3) is 1.27. The van der Waals surface area contributed by atoms with Crippen LogP contribution >= 0.6 is 0 Å². The van der Waals surface area contributed by atoms with Crippen LogP contribution < -0.4 is 5.73 Å². The third-order valence-electron chi connectivity index (χ3n) is 2.84. The van der Waals surface area contributed by atoms with Crippen molar-refractivity contribution in [2.24, 2.45) is 0 Å². The van der Waals surface area contributed by atoms with E-state index in [-0.39, 0.29) is 0 Å². The average molecular weight is 209 g/mol. The Morgan fingerprint density at radius 3 is 2.12 bits per heavy atom. The molecule has 0 radical (unpaired) electrons. The van der Waals surface area contributed by atoms with Crippen molar-refractivity contribution < 1.29 is 5.11 Å². The van der Waals surface area contributed by atoms with Gasteiger partial charge in [-0.1, -0.05) is 24.3 Å². The van der Waals surface area contributed by atoms with E-state index in [2.05, 4.69) is 0 Å². The minimum Gasteiger partial charge on any atom is -0.508 e. The Kier molecular flexibility index (Phi) is 1.77. The lowest BCUT2D eigenvalue weighted by Crippen LogP contribution is -1.84. The number of aromatic hydroxyl groups is 1. The van der Waals surface area contributed by atoms with Crippen molar-refractivity contribution in [1.82, 2.24) is 0 Å². The second-order valence-electron chi connectivity index (χ2n) is 3.95. The van der Waals surface area contributed by atoms with Crippen molar-refractivity contribution in [2.75, 3.05) is 5.73 Å². The van der Waals surface area contributed by atoms with Gasteiger partial charge in [0.2, 0.25) is 0 Å². The molecule has 0 aliphatic heterocycles. The summed E-state index contributed by atoms with van der Waals surface area (Å²) in [5.41, 5.74) is 6.52. The lowest BCUT2D eigenvalue weighted by molar-refractivity contribution is 0.476. The molecule has 0 amide bonds. The fourth-order valence-electron chi connectivity index (χ4n) is 2.08. The van der Waals surface area contributed by atoms with Crippen molar-refractivity contribution >= 4 is 27.2 Å². The Morgan fingerprint density at radius 1 is 0.750 bits per heavy atom. The first-order valence-corrected chi connectivity index (χ1v) is 5.15. The number of nitrogen functional groups attached to an aromatic ring is 1. The smallest absolute Gasteiger partial charge is 0.116 e. The number of hydrogen-bond donors (Lipinski definition) is 2. The Labute approximate surface area is 92.9 Å². The van der Waals surface area contributed by atoms with Gasteiger partial charge < -0.3 is 10.8 Å². The van der Waals surface area contributed by atoms with E-state index in [1.807, 2.05) is 36.4 Å². The average Bonchev–Trinajstić information content (AvgIpc) is 2.28. The molecule has 78 valence electrons. The van der Waals surface area contributed by atoms with Gasteiger partial charge in [0.15, 0.2) is 0 Å². The molecule has 0 fully saturated rings. The Morgan fingerprint density at radius 2 is 1.38 bits per heavy atom. The molecule has 16 heavy (non-hydrogen) atoms. The van der Waals surface area contributed by atoms with E-state index in [4.69, 9.17) is 5.73 Å². The maximum absolute atomic E-state index is 9.43. The molecule has 3 aromatic carbocycles. The summed E-state index contributed by atoms with van der Waals surface area (Å²) in [5, 5.41) is 13.9. The summed E-state index contributed by atoms with van der Waals surface area (Å²) in [4.78, 5) is 0. The van der Waals surface area contributed by atoms with E-state index in [9.17, 15) is 5.11 Å². The minimum atomic E-state index is 0.294. The van der Waals surface area contributed by atoms with Crippen LogP contribution in [0.5, 0.6) is 5.75 Å². The lowest BCUT2D eigenvalue weighted by atomic mass is 10.0. The molecular weight excluding hydrogens is 198 g/mol. The fraction of sp³-hybridized carbons (Fsp3) is 0. The number of phenolic OH excluding ortho intramolecular Hbond substituents is 1. The van der Waals surface area contributed by atoms with Crippen molar-refractivity contribution in [1.29, 1.82) is 0 Å². The van der Waals surface area contributed by atoms with Crippen LogP contribution in [0, 0.1) is 0 Å². The van der Waals surface area contributed by atoms with Gasteiger partial charge >= 0.3 is 0 Å². The molecule has 2 nitrogen and oxygen atoms in total. The molecule has 0 bridgehead atoms. The van der Waals surface area contributed by atoms with Crippen LogP contribution in [-0.4, -0.2) is 5.11 Å². The number of anilines is 1. The summed E-state index contributed by atoms with van der Waals surface area (Å²) in [7, 11) is 0. The lowest BCUT2D eigenvalue weighted by Gasteiger charge is -2.05. The summed E-state index contributed by atoms with van der Waals surface area (Å²) in [5.74, 6) is 0.294. The number of phenols is 1. The molecule has 0 aliphatic rings. The number of rotatable bonds is 0. The molecular formula is C14H11NO. The van der Waals surface area contributed by atoms with E-state index in [1.165, 1.54) is 0 Å². The topological polar surface area (TPSA) is 46.2 Å². The molecule has 0 saturated heterocycles. The van der Waals surface area contributed by atoms with Gasteiger partial charge in [-0.25, -0.2) is 0 Å². The Balaban J connectivity index is 2.50. The van der Waals surface area contributed by atoms with Crippen LogP contribution in [-0.2, 0) is 0 Å². The maximum Gasteiger partial charge on any atom is 0.116 e. The van der Waals surface area contributed by atoms with E-state index < -0.39 is 0 Å². The predicted molar refractivity (Wildman–Crippen MR) is 67.5 cm³/mol. The third-order valence-corrected chi connectivity index (χ3v) is 2.84. The van der Waals surface area contributed by atoms with Gasteiger partial charge in [-0.15, -0.1) is 0 Å². The molecule has 2 heteroatoms. The van der Waals surface area contributed by atoms with E-state index in [0.717, 1.165) is 27.2 Å². The predicted octanol–water partition coefficient (Wildman–Crippen LogP) is 3.28. The highest BCUT2D eigenvalue weighted by atomic mass is 16.3. The SMILES string of the molecule is Nc1ccc2c(ccc3cc(O)ccc32)c1. The highest BCUT2D eigenvalue weighted by Gasteiger charge is 2.01. The first kappa shape index (κ1) is 9.04. The summed E-state index contributed by atoms with van der Waals surface area (Å²) in [6.07, 6.45) is 0. The van der Waals surface area contributed by atoms with Gasteiger partial charge in [-0.05, 0) is 45.8 Å². The molecule has 3 N–H and O–H groups in total. The molecule has 0 spiro atoms. The molecule has 0 aromatic heterocycles. The quantitative estimate of drug-likeness (QED) is 0.441. The van der Waals surface area contributed by atoms with Gasteiger partial charge in [0.25, 0.3) is 0 Å². The van der Waals surface area contributed by atoms with Crippen LogP contribution in [0.2, 0.25) is 0 Å². The molecule has 0 heterocycles. The zero-order chi connectivity index (χ0) is 11.1. The van der Waals surface area contributed by atoms with Crippen LogP contribution in [0.3, 0.4) is 0 Å². The van der Waals surface area contributed by atoms with E-state index in [1.54, 1.807) is 12.1 Å². The largest absolute Gasteiger partial charge is 0.508 e. The number of fused-ring (bicyclic) bond motifs is 3. The molecule has 3 aromatic rings. The standard InChI is InChI=1S/C14H11NO/c15-11-3-5-13-9(7-11)1-2-10-8-12(16)4-6-14(10)13/h1-8,16H,15H2. The number of benzene rings is 3. The van der Waals surface area contributed by atoms with Crippen LogP contribution in [0.1, 0.15) is 0 Å². The van der Waals surface area contributed by atoms with Crippen LogP contribution in [0.25, 0.3) is 21.5 Å². The van der Waals surface area contributed by atoms with Gasteiger partial charge in [0.1, 0.15) is 5.75 Å². The highest BCUT2D eigenvalue weighted by molar-refractivity contribution is 6.08. The van der Waals surface area contributed by atoms with Crippen LogP contribution in [0.15, 0.2) is 48.5 Å². The molecule has 0 saturated carbocycles. The maximum atomic E-state index is 9.43. The van der Waals surface area contributed by atoms with Gasteiger partial charge in [-0.3, -0.25) is 0 Å². The second kappa shape index (κ2) is 3.14. The number of nitrogens with two attached hydrogens (primary N) is 1. The first-order chi connectivity index (χ1) is 7.74.